The van der Waals surface area contributed by atoms with Crippen LogP contribution in [0.15, 0.2) is 42.1 Å². The van der Waals surface area contributed by atoms with Crippen LogP contribution in [0, 0.1) is 18.7 Å². The highest BCUT2D eigenvalue weighted by Crippen LogP contribution is 2.31. The maximum atomic E-state index is 13.3. The van der Waals surface area contributed by atoms with Crippen molar-refractivity contribution in [3.8, 4) is 0 Å². The average molecular weight is 273 g/mol. The Morgan fingerprint density at radius 3 is 2.75 bits per heavy atom. The van der Waals surface area contributed by atoms with Crippen LogP contribution < -0.4 is 5.32 Å². The second kappa shape index (κ2) is 6.04. The molecule has 1 fully saturated rings. The van der Waals surface area contributed by atoms with Gasteiger partial charge in [0.1, 0.15) is 5.82 Å². The molecule has 1 aliphatic rings. The van der Waals surface area contributed by atoms with Gasteiger partial charge in [-0.25, -0.2) is 4.39 Å². The normalized spacial score (nSPS) is 21.4. The summed E-state index contributed by atoms with van der Waals surface area (Å²) >= 11 is 0. The van der Waals surface area contributed by atoms with Crippen LogP contribution >= 0.6 is 0 Å². The minimum Gasteiger partial charge on any atom is -0.361 e. The van der Waals surface area contributed by atoms with E-state index in [1.165, 1.54) is 12.1 Å². The number of carbonyl (C=O) groups is 1. The van der Waals surface area contributed by atoms with Crippen molar-refractivity contribution in [2.75, 3.05) is 5.32 Å². The molecular weight excluding hydrogens is 253 g/mol. The van der Waals surface area contributed by atoms with Crippen molar-refractivity contribution in [1.82, 2.24) is 0 Å². The first-order chi connectivity index (χ1) is 9.49. The number of hydrogen-bond acceptors (Lipinski definition) is 2. The summed E-state index contributed by atoms with van der Waals surface area (Å²) in [5.74, 6) is 0.239. The number of ketones is 1. The second-order valence-corrected chi connectivity index (χ2v) is 5.43. The highest BCUT2D eigenvalue weighted by atomic mass is 19.1. The van der Waals surface area contributed by atoms with E-state index in [9.17, 15) is 9.18 Å². The molecule has 0 aliphatic heterocycles. The SMILES string of the molecule is C=C1CC(CC)CC(=O)/C1=C\Nc1cc(C)cc(F)c1. The number of Topliss-reactive ketones (excluding diaryl/α,β-unsaturated/α-hetero) is 1. The third-order valence-corrected chi connectivity index (χ3v) is 3.69. The van der Waals surface area contributed by atoms with E-state index in [2.05, 4.69) is 18.8 Å². The molecule has 0 spiro atoms. The minimum atomic E-state index is -0.286. The van der Waals surface area contributed by atoms with Crippen molar-refractivity contribution in [2.45, 2.75) is 33.1 Å². The first kappa shape index (κ1) is 14.5. The molecule has 20 heavy (non-hydrogen) atoms. The second-order valence-electron chi connectivity index (χ2n) is 5.43. The molecule has 2 rings (SSSR count). The lowest BCUT2D eigenvalue weighted by molar-refractivity contribution is -0.116. The molecule has 0 radical (unpaired) electrons. The van der Waals surface area contributed by atoms with Gasteiger partial charge in [-0.1, -0.05) is 19.9 Å². The summed E-state index contributed by atoms with van der Waals surface area (Å²) in [6, 6.07) is 4.72. The molecule has 1 aromatic carbocycles. The zero-order valence-corrected chi connectivity index (χ0v) is 12.0. The van der Waals surface area contributed by atoms with Gasteiger partial charge in [-0.15, -0.1) is 0 Å². The van der Waals surface area contributed by atoms with Gasteiger partial charge in [0.2, 0.25) is 0 Å². The van der Waals surface area contributed by atoms with Gasteiger partial charge >= 0.3 is 0 Å². The molecule has 106 valence electrons. The van der Waals surface area contributed by atoms with Crippen molar-refractivity contribution in [1.29, 1.82) is 0 Å². The average Bonchev–Trinajstić information content (AvgIpc) is 2.36. The Hall–Kier alpha value is -1.90. The van der Waals surface area contributed by atoms with Gasteiger partial charge < -0.3 is 5.32 Å². The number of allylic oxidation sites excluding steroid dienone is 2. The molecular formula is C17H20FNO. The zero-order valence-electron chi connectivity index (χ0n) is 12.0. The largest absolute Gasteiger partial charge is 0.361 e. The Kier molecular flexibility index (Phi) is 4.38. The molecule has 0 saturated heterocycles. The van der Waals surface area contributed by atoms with Crippen LogP contribution in [0.3, 0.4) is 0 Å². The molecule has 1 atom stereocenters. The molecule has 1 aliphatic carbocycles. The van der Waals surface area contributed by atoms with Crippen LogP contribution in [-0.4, -0.2) is 5.78 Å². The lowest BCUT2D eigenvalue weighted by Gasteiger charge is -2.23. The minimum absolute atomic E-state index is 0.119. The first-order valence-electron chi connectivity index (χ1n) is 6.95. The molecule has 1 aromatic rings. The van der Waals surface area contributed by atoms with Gasteiger partial charge in [-0.05, 0) is 48.6 Å². The summed E-state index contributed by atoms with van der Waals surface area (Å²) in [4.78, 5) is 12.1. The number of nitrogens with one attached hydrogen (secondary N) is 1. The number of carbonyl (C=O) groups excluding carboxylic acids is 1. The van der Waals surface area contributed by atoms with Crippen LogP contribution in [0.5, 0.6) is 0 Å². The van der Waals surface area contributed by atoms with E-state index in [1.807, 2.05) is 13.0 Å². The smallest absolute Gasteiger partial charge is 0.164 e. The fraction of sp³-hybridized carbons (Fsp3) is 0.353. The summed E-state index contributed by atoms with van der Waals surface area (Å²) in [7, 11) is 0. The summed E-state index contributed by atoms with van der Waals surface area (Å²) in [6.07, 6.45) is 4.09. The maximum absolute atomic E-state index is 13.3. The van der Waals surface area contributed by atoms with E-state index < -0.39 is 0 Å². The predicted molar refractivity (Wildman–Crippen MR) is 80.0 cm³/mol. The van der Waals surface area contributed by atoms with Crippen molar-refractivity contribution < 1.29 is 9.18 Å². The number of benzene rings is 1. The van der Waals surface area contributed by atoms with Crippen LogP contribution in [0.2, 0.25) is 0 Å². The third-order valence-electron chi connectivity index (χ3n) is 3.69. The molecule has 3 heteroatoms. The van der Waals surface area contributed by atoms with E-state index in [1.54, 1.807) is 6.20 Å². The number of aryl methyl sites for hydroxylation is 1. The Bertz CT molecular complexity index is 534. The zero-order chi connectivity index (χ0) is 14.7. The van der Waals surface area contributed by atoms with E-state index in [0.29, 0.717) is 23.6 Å². The van der Waals surface area contributed by atoms with E-state index in [-0.39, 0.29) is 11.6 Å². The van der Waals surface area contributed by atoms with Gasteiger partial charge in [0.15, 0.2) is 5.78 Å². The molecule has 2 nitrogen and oxygen atoms in total. The number of hydrogen-bond donors (Lipinski definition) is 1. The fourth-order valence-corrected chi connectivity index (χ4v) is 2.55. The van der Waals surface area contributed by atoms with Gasteiger partial charge in [0, 0.05) is 23.9 Å². The molecule has 1 unspecified atom stereocenters. The van der Waals surface area contributed by atoms with Crippen molar-refractivity contribution in [3.05, 3.63) is 53.5 Å². The Labute approximate surface area is 119 Å². The summed E-state index contributed by atoms with van der Waals surface area (Å²) < 4.78 is 13.3. The van der Waals surface area contributed by atoms with Crippen molar-refractivity contribution >= 4 is 11.5 Å². The van der Waals surface area contributed by atoms with E-state index >= 15 is 0 Å². The monoisotopic (exact) mass is 273 g/mol. The summed E-state index contributed by atoms with van der Waals surface area (Å²) in [5, 5.41) is 3.01. The van der Waals surface area contributed by atoms with Crippen molar-refractivity contribution in [3.63, 3.8) is 0 Å². The van der Waals surface area contributed by atoms with Gasteiger partial charge in [0.25, 0.3) is 0 Å². The van der Waals surface area contributed by atoms with Crippen LogP contribution in [0.4, 0.5) is 10.1 Å². The predicted octanol–water partition coefficient (Wildman–Crippen LogP) is 4.38. The molecule has 1 N–H and O–H groups in total. The highest BCUT2D eigenvalue weighted by Gasteiger charge is 2.25. The Morgan fingerprint density at radius 2 is 2.15 bits per heavy atom. The van der Waals surface area contributed by atoms with Gasteiger partial charge in [0.05, 0.1) is 0 Å². The van der Waals surface area contributed by atoms with Crippen LogP contribution in [-0.2, 0) is 4.79 Å². The van der Waals surface area contributed by atoms with E-state index in [0.717, 1.165) is 24.0 Å². The summed E-state index contributed by atoms with van der Waals surface area (Å²) in [5.41, 5.74) is 2.99. The number of halogens is 1. The summed E-state index contributed by atoms with van der Waals surface area (Å²) in [6.45, 7) is 7.91. The standard InChI is InChI=1S/C17H20FNO/c1-4-13-7-12(3)16(17(20)8-13)10-19-15-6-11(2)5-14(18)9-15/h5-6,9-10,13,19H,3-4,7-8H2,1-2H3/b16-10-. The quantitative estimate of drug-likeness (QED) is 0.828. The van der Waals surface area contributed by atoms with Crippen LogP contribution in [0.25, 0.3) is 0 Å². The number of anilines is 1. The highest BCUT2D eigenvalue weighted by molar-refractivity contribution is 6.00. The van der Waals surface area contributed by atoms with Gasteiger partial charge in [-0.3, -0.25) is 4.79 Å². The topological polar surface area (TPSA) is 29.1 Å². The maximum Gasteiger partial charge on any atom is 0.164 e. The van der Waals surface area contributed by atoms with Crippen LogP contribution in [0.1, 0.15) is 31.7 Å². The molecule has 0 heterocycles. The first-order valence-corrected chi connectivity index (χ1v) is 6.95. The lowest BCUT2D eigenvalue weighted by Crippen LogP contribution is -2.19. The lowest BCUT2D eigenvalue weighted by atomic mass is 9.81. The Morgan fingerprint density at radius 1 is 1.40 bits per heavy atom. The molecule has 1 saturated carbocycles. The van der Waals surface area contributed by atoms with Crippen molar-refractivity contribution in [2.24, 2.45) is 5.92 Å². The number of rotatable bonds is 3. The third kappa shape index (κ3) is 3.35. The molecule has 0 amide bonds. The fourth-order valence-electron chi connectivity index (χ4n) is 2.55. The molecule has 0 aromatic heterocycles. The van der Waals surface area contributed by atoms with E-state index in [4.69, 9.17) is 0 Å². The Balaban J connectivity index is 2.14. The van der Waals surface area contributed by atoms with Gasteiger partial charge in [-0.2, -0.15) is 0 Å². The molecule has 0 bridgehead atoms.